The van der Waals surface area contributed by atoms with E-state index in [9.17, 15) is 4.79 Å². The second kappa shape index (κ2) is 11.2. The van der Waals surface area contributed by atoms with Gasteiger partial charge >= 0.3 is 0 Å². The number of ether oxygens (including phenoxy) is 1. The van der Waals surface area contributed by atoms with Crippen LogP contribution in [0, 0.1) is 6.92 Å². The number of nitrogens with zero attached hydrogens (tertiary/aromatic N) is 1. The third-order valence-corrected chi connectivity index (χ3v) is 8.27. The number of ketones is 1. The zero-order valence-corrected chi connectivity index (χ0v) is 22.6. The van der Waals surface area contributed by atoms with Crippen molar-refractivity contribution in [2.75, 3.05) is 27.3 Å². The zero-order chi connectivity index (χ0) is 25.8. The highest BCUT2D eigenvalue weighted by Gasteiger charge is 2.30. The molecule has 0 unspecified atom stereocenters. The Morgan fingerprint density at radius 1 is 0.865 bits per heavy atom. The Morgan fingerprint density at radius 3 is 2.27 bits per heavy atom. The quantitative estimate of drug-likeness (QED) is 0.332. The number of benzene rings is 3. The first-order chi connectivity index (χ1) is 17.9. The van der Waals surface area contributed by atoms with Crippen molar-refractivity contribution < 1.29 is 14.0 Å². The highest BCUT2D eigenvalue weighted by Crippen LogP contribution is 2.29. The molecule has 2 aliphatic rings. The van der Waals surface area contributed by atoms with E-state index in [0.29, 0.717) is 12.5 Å². The Balaban J connectivity index is 1.27. The van der Waals surface area contributed by atoms with Gasteiger partial charge in [0.2, 0.25) is 0 Å². The van der Waals surface area contributed by atoms with Crippen LogP contribution in [0.5, 0.6) is 0 Å². The number of rotatable bonds is 7. The van der Waals surface area contributed by atoms with E-state index in [1.54, 1.807) is 0 Å². The van der Waals surface area contributed by atoms with E-state index in [2.05, 4.69) is 93.8 Å². The molecule has 192 valence electrons. The summed E-state index contributed by atoms with van der Waals surface area (Å²) in [4.78, 5) is 13.4. The van der Waals surface area contributed by atoms with Crippen molar-refractivity contribution in [1.82, 2.24) is 0 Å². The van der Waals surface area contributed by atoms with E-state index < -0.39 is 0 Å². The topological polar surface area (TPSA) is 26.3 Å². The minimum atomic E-state index is 0.250. The minimum Gasteiger partial charge on any atom is -0.381 e. The third-order valence-electron chi connectivity index (χ3n) is 8.27. The van der Waals surface area contributed by atoms with Crippen LogP contribution in [-0.2, 0) is 28.9 Å². The smallest absolute Gasteiger partial charge is 0.163 e. The van der Waals surface area contributed by atoms with Gasteiger partial charge in [0.15, 0.2) is 5.78 Å². The van der Waals surface area contributed by atoms with Gasteiger partial charge < -0.3 is 9.22 Å². The molecule has 0 bridgehead atoms. The van der Waals surface area contributed by atoms with Crippen molar-refractivity contribution in [1.29, 1.82) is 0 Å². The van der Waals surface area contributed by atoms with Gasteiger partial charge in [-0.05, 0) is 71.7 Å². The highest BCUT2D eigenvalue weighted by atomic mass is 16.5. The Bertz CT molecular complexity index is 1260. The molecule has 3 nitrogen and oxygen atoms in total. The molecule has 5 rings (SSSR count). The van der Waals surface area contributed by atoms with Crippen LogP contribution < -0.4 is 0 Å². The summed E-state index contributed by atoms with van der Waals surface area (Å²) in [5.74, 6) is 0.250. The molecular formula is C34H40NO2+. The number of fused-ring (bicyclic) bond motifs is 1. The normalized spacial score (nSPS) is 16.6. The van der Waals surface area contributed by atoms with Gasteiger partial charge in [0.1, 0.15) is 6.54 Å². The lowest BCUT2D eigenvalue weighted by molar-refractivity contribution is -0.929. The van der Waals surface area contributed by atoms with Crippen LogP contribution in [0.4, 0.5) is 0 Å². The summed E-state index contributed by atoms with van der Waals surface area (Å²) < 4.78 is 6.54. The van der Waals surface area contributed by atoms with Gasteiger partial charge in [-0.25, -0.2) is 0 Å². The predicted octanol–water partition coefficient (Wildman–Crippen LogP) is 6.95. The lowest BCUT2D eigenvalue weighted by Crippen LogP contribution is -2.50. The molecule has 3 aromatic carbocycles. The van der Waals surface area contributed by atoms with E-state index in [-0.39, 0.29) is 5.78 Å². The molecule has 0 aromatic heterocycles. The van der Waals surface area contributed by atoms with E-state index in [1.165, 1.54) is 33.4 Å². The van der Waals surface area contributed by atoms with Crippen molar-refractivity contribution in [2.45, 2.75) is 58.0 Å². The van der Waals surface area contributed by atoms with Gasteiger partial charge in [-0.1, -0.05) is 66.2 Å². The Hall–Kier alpha value is -3.01. The molecule has 1 aliphatic heterocycles. The summed E-state index contributed by atoms with van der Waals surface area (Å²) in [5.41, 5.74) is 9.63. The lowest BCUT2D eigenvalue weighted by Gasteiger charge is -2.40. The molecule has 0 saturated carbocycles. The van der Waals surface area contributed by atoms with Gasteiger partial charge in [0.05, 0.1) is 33.4 Å². The van der Waals surface area contributed by atoms with Crippen molar-refractivity contribution in [3.8, 4) is 11.1 Å². The van der Waals surface area contributed by atoms with Crippen LogP contribution >= 0.6 is 0 Å². The monoisotopic (exact) mass is 494 g/mol. The number of allylic oxidation sites excluding steroid dienone is 1. The molecular weight excluding hydrogens is 454 g/mol. The van der Waals surface area contributed by atoms with E-state index >= 15 is 0 Å². The first-order valence-corrected chi connectivity index (χ1v) is 13.8. The molecule has 1 saturated heterocycles. The molecule has 0 N–H and O–H groups in total. The average Bonchev–Trinajstić information content (AvgIpc) is 3.13. The largest absolute Gasteiger partial charge is 0.381 e. The molecule has 1 aliphatic carbocycles. The van der Waals surface area contributed by atoms with Crippen LogP contribution in [0.1, 0.15) is 53.5 Å². The Morgan fingerprint density at radius 2 is 1.54 bits per heavy atom. The van der Waals surface area contributed by atoms with Gasteiger partial charge in [0, 0.05) is 24.8 Å². The molecule has 37 heavy (non-hydrogen) atoms. The molecule has 3 heteroatoms. The van der Waals surface area contributed by atoms with Crippen LogP contribution in [0.3, 0.4) is 0 Å². The highest BCUT2D eigenvalue weighted by molar-refractivity contribution is 6.01. The third kappa shape index (κ3) is 6.29. The summed E-state index contributed by atoms with van der Waals surface area (Å²) in [6.45, 7) is 4.87. The summed E-state index contributed by atoms with van der Waals surface area (Å²) >= 11 is 0. The molecule has 0 radical (unpaired) electrons. The van der Waals surface area contributed by atoms with Crippen LogP contribution in [0.25, 0.3) is 17.2 Å². The number of hydrogen-bond donors (Lipinski definition) is 0. The lowest BCUT2D eigenvalue weighted by atomic mass is 9.96. The number of quaternary nitrogens is 1. The van der Waals surface area contributed by atoms with Gasteiger partial charge in [-0.3, -0.25) is 4.79 Å². The standard InChI is InChI=1S/C34H40NO2/c1-25-7-13-29(14-8-25)30-16-15-28-5-4-6-31(23-32(28)22-30)34(36)21-26-9-11-27(12-10-26)24-35(2,3)33-17-19-37-20-18-33/h7-16,22-23,33H,4-6,17-21,24H2,1-3H3/q+1. The predicted molar refractivity (Wildman–Crippen MR) is 152 cm³/mol. The average molecular weight is 495 g/mol. The van der Waals surface area contributed by atoms with E-state index in [4.69, 9.17) is 4.74 Å². The SMILES string of the molecule is Cc1ccc(-c2ccc3c(c2)C=C(C(=O)Cc2ccc(C[N+](C)(C)C4CCOCC4)cc2)CCC3)cc1. The summed E-state index contributed by atoms with van der Waals surface area (Å²) in [6.07, 6.45) is 7.78. The molecule has 1 fully saturated rings. The number of aryl methyl sites for hydroxylation is 2. The number of carbonyl (C=O) groups excluding carboxylic acids is 1. The van der Waals surface area contributed by atoms with Gasteiger partial charge in [0.25, 0.3) is 0 Å². The fourth-order valence-electron chi connectivity index (χ4n) is 5.88. The fourth-order valence-corrected chi connectivity index (χ4v) is 5.88. The van der Waals surface area contributed by atoms with Crippen LogP contribution in [0.15, 0.2) is 72.3 Å². The summed E-state index contributed by atoms with van der Waals surface area (Å²) in [7, 11) is 4.65. The number of hydrogen-bond acceptors (Lipinski definition) is 2. The molecule has 0 amide bonds. The maximum absolute atomic E-state index is 13.4. The maximum Gasteiger partial charge on any atom is 0.163 e. The minimum absolute atomic E-state index is 0.250. The summed E-state index contributed by atoms with van der Waals surface area (Å²) in [5, 5.41) is 0. The Kier molecular flexibility index (Phi) is 7.73. The van der Waals surface area contributed by atoms with Crippen LogP contribution in [-0.4, -0.2) is 43.6 Å². The molecule has 0 spiro atoms. The number of carbonyl (C=O) groups is 1. The maximum atomic E-state index is 13.4. The molecule has 1 heterocycles. The second-order valence-corrected chi connectivity index (χ2v) is 11.5. The van der Waals surface area contributed by atoms with E-state index in [0.717, 1.165) is 67.5 Å². The van der Waals surface area contributed by atoms with Crippen molar-refractivity contribution in [2.24, 2.45) is 0 Å². The van der Waals surface area contributed by atoms with E-state index in [1.807, 2.05) is 0 Å². The number of Topliss-reactive ketones (excluding diaryl/α,β-unsaturated/α-hetero) is 1. The van der Waals surface area contributed by atoms with Crippen molar-refractivity contribution in [3.63, 3.8) is 0 Å². The first-order valence-electron chi connectivity index (χ1n) is 13.8. The van der Waals surface area contributed by atoms with Crippen LogP contribution in [0.2, 0.25) is 0 Å². The second-order valence-electron chi connectivity index (χ2n) is 11.5. The molecule has 3 aromatic rings. The summed E-state index contributed by atoms with van der Waals surface area (Å²) in [6, 6.07) is 24.8. The van der Waals surface area contributed by atoms with Gasteiger partial charge in [-0.2, -0.15) is 0 Å². The van der Waals surface area contributed by atoms with Crippen molar-refractivity contribution >= 4 is 11.9 Å². The first kappa shape index (κ1) is 25.6. The van der Waals surface area contributed by atoms with Gasteiger partial charge in [-0.15, -0.1) is 0 Å². The Labute approximate surface area is 222 Å². The van der Waals surface area contributed by atoms with Crippen molar-refractivity contribution in [3.05, 3.63) is 100 Å². The zero-order valence-electron chi connectivity index (χ0n) is 22.6. The molecule has 0 atom stereocenters. The fraction of sp³-hybridized carbons (Fsp3) is 0.382.